The summed E-state index contributed by atoms with van der Waals surface area (Å²) in [6.45, 7) is 5.01. The summed E-state index contributed by atoms with van der Waals surface area (Å²) in [5, 5.41) is 3.09. The van der Waals surface area contributed by atoms with Crippen LogP contribution in [0.25, 0.3) is 10.9 Å². The van der Waals surface area contributed by atoms with Crippen molar-refractivity contribution in [3.05, 3.63) is 64.4 Å². The summed E-state index contributed by atoms with van der Waals surface area (Å²) in [6.07, 6.45) is 0.0239. The van der Waals surface area contributed by atoms with Crippen LogP contribution in [0.4, 0.5) is 5.69 Å². The minimum Gasteiger partial charge on any atom is -0.491 e. The summed E-state index contributed by atoms with van der Waals surface area (Å²) in [7, 11) is -3.76. The summed E-state index contributed by atoms with van der Waals surface area (Å²) < 4.78 is 38.3. The number of H-pyrrole nitrogens is 1. The topological polar surface area (TPSA) is 118 Å². The fraction of sp³-hybridized carbons (Fsp3) is 0.304. The highest BCUT2D eigenvalue weighted by molar-refractivity contribution is 7.89. The van der Waals surface area contributed by atoms with E-state index in [1.165, 1.54) is 28.6 Å². The lowest BCUT2D eigenvalue weighted by Crippen LogP contribution is -2.40. The molecule has 33 heavy (non-hydrogen) atoms. The van der Waals surface area contributed by atoms with Gasteiger partial charge in [0.25, 0.3) is 5.91 Å². The van der Waals surface area contributed by atoms with E-state index in [0.717, 1.165) is 0 Å². The summed E-state index contributed by atoms with van der Waals surface area (Å²) in [5.41, 5.74) is 0.503. The largest absolute Gasteiger partial charge is 0.491 e. The first kappa shape index (κ1) is 23.0. The number of carbonyl (C=O) groups excluding carboxylic acids is 1. The SMILES string of the molecule is CC(C)Oc1ccc(NC(=O)c2cc(=O)[nH]c3ccc(S(=O)(=O)N4CCOCC4)cc23)cc1. The highest BCUT2D eigenvalue weighted by Gasteiger charge is 2.27. The van der Waals surface area contributed by atoms with Gasteiger partial charge in [0, 0.05) is 35.7 Å². The maximum absolute atomic E-state index is 13.1. The van der Waals surface area contributed by atoms with E-state index in [1.807, 2.05) is 13.8 Å². The summed E-state index contributed by atoms with van der Waals surface area (Å²) in [4.78, 5) is 27.9. The van der Waals surface area contributed by atoms with Crippen LogP contribution in [0.2, 0.25) is 0 Å². The summed E-state index contributed by atoms with van der Waals surface area (Å²) >= 11 is 0. The molecule has 0 spiro atoms. The number of sulfonamides is 1. The van der Waals surface area contributed by atoms with Gasteiger partial charge in [0.2, 0.25) is 15.6 Å². The smallest absolute Gasteiger partial charge is 0.256 e. The van der Waals surface area contributed by atoms with Crippen LogP contribution in [0.3, 0.4) is 0 Å². The predicted octanol–water partition coefficient (Wildman–Crippen LogP) is 2.59. The molecule has 2 aromatic carbocycles. The lowest BCUT2D eigenvalue weighted by molar-refractivity contribution is 0.0730. The quantitative estimate of drug-likeness (QED) is 0.571. The number of aromatic amines is 1. The lowest BCUT2D eigenvalue weighted by atomic mass is 10.1. The van der Waals surface area contributed by atoms with Gasteiger partial charge in [0.15, 0.2) is 0 Å². The zero-order chi connectivity index (χ0) is 23.6. The van der Waals surface area contributed by atoms with E-state index in [0.29, 0.717) is 35.6 Å². The number of nitrogens with one attached hydrogen (secondary N) is 2. The van der Waals surface area contributed by atoms with Crippen LogP contribution in [-0.4, -0.2) is 56.0 Å². The van der Waals surface area contributed by atoms with Crippen LogP contribution in [0.1, 0.15) is 24.2 Å². The second-order valence-electron chi connectivity index (χ2n) is 7.92. The molecule has 0 unspecified atom stereocenters. The van der Waals surface area contributed by atoms with Crippen LogP contribution < -0.4 is 15.6 Å². The van der Waals surface area contributed by atoms with Gasteiger partial charge in [-0.15, -0.1) is 0 Å². The van der Waals surface area contributed by atoms with Crippen LogP contribution in [0.15, 0.2) is 58.2 Å². The molecule has 10 heteroatoms. The van der Waals surface area contributed by atoms with Crippen molar-refractivity contribution in [2.75, 3.05) is 31.6 Å². The van der Waals surface area contributed by atoms with E-state index in [1.54, 1.807) is 24.3 Å². The minimum atomic E-state index is -3.76. The molecular formula is C23H25N3O6S. The fourth-order valence-electron chi connectivity index (χ4n) is 3.60. The number of rotatable bonds is 6. The van der Waals surface area contributed by atoms with Crippen molar-refractivity contribution in [3.63, 3.8) is 0 Å². The molecule has 2 heterocycles. The van der Waals surface area contributed by atoms with Crippen LogP contribution in [0, 0.1) is 0 Å². The van der Waals surface area contributed by atoms with Crippen LogP contribution >= 0.6 is 0 Å². The van der Waals surface area contributed by atoms with Crippen molar-refractivity contribution in [3.8, 4) is 5.75 Å². The van der Waals surface area contributed by atoms with Gasteiger partial charge in [-0.05, 0) is 56.3 Å². The Morgan fingerprint density at radius 1 is 1.09 bits per heavy atom. The van der Waals surface area contributed by atoms with Gasteiger partial charge in [0.1, 0.15) is 5.75 Å². The van der Waals surface area contributed by atoms with Gasteiger partial charge < -0.3 is 19.8 Å². The van der Waals surface area contributed by atoms with Gasteiger partial charge in [-0.3, -0.25) is 9.59 Å². The van der Waals surface area contributed by atoms with Crippen molar-refractivity contribution >= 4 is 32.5 Å². The minimum absolute atomic E-state index is 0.0239. The van der Waals surface area contributed by atoms with Crippen molar-refractivity contribution in [2.45, 2.75) is 24.8 Å². The molecule has 2 N–H and O–H groups in total. The third-order valence-corrected chi connectivity index (χ3v) is 7.05. The first-order valence-corrected chi connectivity index (χ1v) is 12.0. The predicted molar refractivity (Wildman–Crippen MR) is 124 cm³/mol. The first-order valence-electron chi connectivity index (χ1n) is 10.6. The highest BCUT2D eigenvalue weighted by atomic mass is 32.2. The zero-order valence-corrected chi connectivity index (χ0v) is 19.1. The molecule has 1 aliphatic rings. The maximum Gasteiger partial charge on any atom is 0.256 e. The molecule has 1 aromatic heterocycles. The highest BCUT2D eigenvalue weighted by Crippen LogP contribution is 2.24. The number of carbonyl (C=O) groups is 1. The molecule has 1 fully saturated rings. The summed E-state index contributed by atoms with van der Waals surface area (Å²) in [5.74, 6) is 0.145. The Kier molecular flexibility index (Phi) is 6.50. The van der Waals surface area contributed by atoms with E-state index in [9.17, 15) is 18.0 Å². The van der Waals surface area contributed by atoms with Crippen LogP contribution in [0.5, 0.6) is 5.75 Å². The molecule has 0 bridgehead atoms. The van der Waals surface area contributed by atoms with E-state index < -0.39 is 21.5 Å². The van der Waals surface area contributed by atoms with E-state index in [2.05, 4.69) is 10.3 Å². The van der Waals surface area contributed by atoms with Crippen molar-refractivity contribution < 1.29 is 22.7 Å². The number of anilines is 1. The Hall–Kier alpha value is -3.21. The van der Waals surface area contributed by atoms with Gasteiger partial charge in [0.05, 0.1) is 29.8 Å². The number of nitrogens with zero attached hydrogens (tertiary/aromatic N) is 1. The number of hydrogen-bond donors (Lipinski definition) is 2. The molecule has 1 amide bonds. The van der Waals surface area contributed by atoms with Gasteiger partial charge in [-0.2, -0.15) is 4.31 Å². The molecule has 174 valence electrons. The number of pyridine rings is 1. The third kappa shape index (κ3) is 5.08. The fourth-order valence-corrected chi connectivity index (χ4v) is 5.04. The van der Waals surface area contributed by atoms with Gasteiger partial charge in [-0.1, -0.05) is 0 Å². The average molecular weight is 472 g/mol. The van der Waals surface area contributed by atoms with E-state index >= 15 is 0 Å². The molecule has 0 saturated carbocycles. The first-order chi connectivity index (χ1) is 15.7. The van der Waals surface area contributed by atoms with Crippen molar-refractivity contribution in [1.82, 2.24) is 9.29 Å². The normalized spacial score (nSPS) is 15.0. The summed E-state index contributed by atoms with van der Waals surface area (Å²) in [6, 6.07) is 12.4. The second-order valence-corrected chi connectivity index (χ2v) is 9.85. The molecule has 1 aliphatic heterocycles. The molecular weight excluding hydrogens is 446 g/mol. The zero-order valence-electron chi connectivity index (χ0n) is 18.3. The molecule has 4 rings (SSSR count). The van der Waals surface area contributed by atoms with Gasteiger partial charge in [-0.25, -0.2) is 8.42 Å². The lowest BCUT2D eigenvalue weighted by Gasteiger charge is -2.26. The molecule has 0 aliphatic carbocycles. The maximum atomic E-state index is 13.1. The Morgan fingerprint density at radius 3 is 2.45 bits per heavy atom. The Labute approximate surface area is 191 Å². The third-order valence-electron chi connectivity index (χ3n) is 5.15. The standard InChI is InChI=1S/C23H25N3O6S/c1-15(2)32-17-5-3-16(4-6-17)24-23(28)20-14-22(27)25-21-8-7-18(13-19(20)21)33(29,30)26-9-11-31-12-10-26/h3-8,13-15H,9-12H2,1-2H3,(H,24,28)(H,25,27). The Bertz CT molecular complexity index is 1330. The van der Waals surface area contributed by atoms with E-state index in [-0.39, 0.29) is 29.7 Å². The molecule has 0 atom stereocenters. The number of amides is 1. The number of ether oxygens (including phenoxy) is 2. The Balaban J connectivity index is 1.67. The number of morpholine rings is 1. The number of hydrogen-bond acceptors (Lipinski definition) is 6. The molecule has 3 aromatic rings. The molecule has 9 nitrogen and oxygen atoms in total. The monoisotopic (exact) mass is 471 g/mol. The average Bonchev–Trinajstić information content (AvgIpc) is 2.79. The number of benzene rings is 2. The van der Waals surface area contributed by atoms with Gasteiger partial charge >= 0.3 is 0 Å². The number of fused-ring (bicyclic) bond motifs is 1. The Morgan fingerprint density at radius 2 is 1.79 bits per heavy atom. The van der Waals surface area contributed by atoms with Crippen molar-refractivity contribution in [2.24, 2.45) is 0 Å². The molecule has 0 radical (unpaired) electrons. The van der Waals surface area contributed by atoms with Crippen molar-refractivity contribution in [1.29, 1.82) is 0 Å². The van der Waals surface area contributed by atoms with Crippen LogP contribution in [-0.2, 0) is 14.8 Å². The van der Waals surface area contributed by atoms with E-state index in [4.69, 9.17) is 9.47 Å². The number of aromatic nitrogens is 1. The second kappa shape index (κ2) is 9.34. The molecule has 1 saturated heterocycles.